The molecular weight excluding hydrogens is 230 g/mol. The zero-order valence-corrected chi connectivity index (χ0v) is 10.1. The van der Waals surface area contributed by atoms with Crippen molar-refractivity contribution in [2.24, 2.45) is 0 Å². The molecule has 0 bridgehead atoms. The molecule has 0 aliphatic carbocycles. The average Bonchev–Trinajstić information content (AvgIpc) is 2.27. The topological polar surface area (TPSA) is 63.2 Å². The number of likely N-dealkylation sites (N-methyl/N-ethyl adjacent to an activating group) is 1. The highest BCUT2D eigenvalue weighted by atomic mass is 35.5. The highest BCUT2D eigenvalue weighted by molar-refractivity contribution is 5.85. The Hall–Kier alpha value is -1.33. The number of amides is 1. The minimum atomic E-state index is -0.0536. The molecule has 0 saturated heterocycles. The third-order valence-corrected chi connectivity index (χ3v) is 1.79. The van der Waals surface area contributed by atoms with Crippen LogP contribution in [-0.4, -0.2) is 31.6 Å². The quantitative estimate of drug-likeness (QED) is 0.786. The number of methoxy groups -OCH3 is 1. The van der Waals surface area contributed by atoms with Gasteiger partial charge in [-0.05, 0) is 13.1 Å². The normalized spacial score (nSPS) is 9.12. The Bertz CT molecular complexity index is 334. The summed E-state index contributed by atoms with van der Waals surface area (Å²) in [7, 11) is 3.29. The smallest absolute Gasteiger partial charge is 0.234 e. The second kappa shape index (κ2) is 7.90. The summed E-state index contributed by atoms with van der Waals surface area (Å²) in [5.41, 5.74) is 0.777. The fourth-order valence-electron chi connectivity index (χ4n) is 1.08. The molecule has 0 atom stereocenters. The lowest BCUT2D eigenvalue weighted by molar-refractivity contribution is -0.120. The number of ether oxygens (including phenoxy) is 1. The van der Waals surface area contributed by atoms with Gasteiger partial charge in [-0.2, -0.15) is 0 Å². The standard InChI is InChI=1S/C10H15N3O2.ClH/c1-11-7-9(14)12-6-8-4-3-5-10(13-8)15-2;/h3-5,11H,6-7H2,1-2H3,(H,12,14);1H. The van der Waals surface area contributed by atoms with Gasteiger partial charge in [0, 0.05) is 6.07 Å². The summed E-state index contributed by atoms with van der Waals surface area (Å²) in [5.74, 6) is 0.498. The van der Waals surface area contributed by atoms with Crippen LogP contribution in [0.3, 0.4) is 0 Å². The van der Waals surface area contributed by atoms with Gasteiger partial charge in [-0.3, -0.25) is 4.79 Å². The Morgan fingerprint density at radius 3 is 2.88 bits per heavy atom. The van der Waals surface area contributed by atoms with Crippen molar-refractivity contribution in [2.45, 2.75) is 6.54 Å². The van der Waals surface area contributed by atoms with Crippen molar-refractivity contribution in [3.8, 4) is 5.88 Å². The minimum Gasteiger partial charge on any atom is -0.481 e. The van der Waals surface area contributed by atoms with Crippen molar-refractivity contribution >= 4 is 18.3 Å². The molecule has 90 valence electrons. The van der Waals surface area contributed by atoms with E-state index in [0.717, 1.165) is 5.69 Å². The Kier molecular flexibility index (Phi) is 7.24. The molecular formula is C10H16ClN3O2. The number of carbonyl (C=O) groups excluding carboxylic acids is 1. The molecule has 16 heavy (non-hydrogen) atoms. The Morgan fingerprint density at radius 1 is 1.50 bits per heavy atom. The second-order valence-electron chi connectivity index (χ2n) is 2.98. The number of rotatable bonds is 5. The van der Waals surface area contributed by atoms with Gasteiger partial charge < -0.3 is 15.4 Å². The van der Waals surface area contributed by atoms with Crippen LogP contribution in [0.5, 0.6) is 5.88 Å². The van der Waals surface area contributed by atoms with E-state index in [-0.39, 0.29) is 18.3 Å². The van der Waals surface area contributed by atoms with Crippen molar-refractivity contribution in [2.75, 3.05) is 20.7 Å². The Morgan fingerprint density at radius 2 is 2.25 bits per heavy atom. The maximum atomic E-state index is 11.1. The first-order valence-electron chi connectivity index (χ1n) is 4.67. The molecule has 0 aliphatic rings. The van der Waals surface area contributed by atoms with E-state index < -0.39 is 0 Å². The largest absolute Gasteiger partial charge is 0.481 e. The van der Waals surface area contributed by atoms with E-state index in [0.29, 0.717) is 19.0 Å². The highest BCUT2D eigenvalue weighted by Gasteiger charge is 2.00. The molecule has 1 aromatic rings. The van der Waals surface area contributed by atoms with Gasteiger partial charge in [0.25, 0.3) is 0 Å². The van der Waals surface area contributed by atoms with Crippen LogP contribution in [0, 0.1) is 0 Å². The lowest BCUT2D eigenvalue weighted by Crippen LogP contribution is -2.31. The zero-order chi connectivity index (χ0) is 11.1. The SMILES string of the molecule is CNCC(=O)NCc1cccc(OC)n1.Cl. The van der Waals surface area contributed by atoms with Crippen LogP contribution in [0.25, 0.3) is 0 Å². The Balaban J connectivity index is 0.00000225. The first-order chi connectivity index (χ1) is 7.26. The molecule has 6 heteroatoms. The number of aromatic nitrogens is 1. The van der Waals surface area contributed by atoms with Crippen LogP contribution < -0.4 is 15.4 Å². The highest BCUT2D eigenvalue weighted by Crippen LogP contribution is 2.05. The minimum absolute atomic E-state index is 0. The third kappa shape index (κ3) is 4.95. The summed E-state index contributed by atoms with van der Waals surface area (Å²) in [6, 6.07) is 5.44. The molecule has 0 fully saturated rings. The van der Waals surface area contributed by atoms with E-state index in [4.69, 9.17) is 4.74 Å². The molecule has 0 aliphatic heterocycles. The maximum Gasteiger partial charge on any atom is 0.234 e. The predicted molar refractivity (Wildman–Crippen MR) is 63.8 cm³/mol. The van der Waals surface area contributed by atoms with Crippen LogP contribution in [0.4, 0.5) is 0 Å². The summed E-state index contributed by atoms with van der Waals surface area (Å²) >= 11 is 0. The van der Waals surface area contributed by atoms with Crippen molar-refractivity contribution in [3.05, 3.63) is 23.9 Å². The van der Waals surface area contributed by atoms with Gasteiger partial charge in [0.05, 0.1) is 25.9 Å². The Labute approximate surface area is 101 Å². The third-order valence-electron chi connectivity index (χ3n) is 1.79. The first-order valence-corrected chi connectivity index (χ1v) is 4.67. The fourth-order valence-corrected chi connectivity index (χ4v) is 1.08. The molecule has 5 nitrogen and oxygen atoms in total. The van der Waals surface area contributed by atoms with Crippen LogP contribution in [0.2, 0.25) is 0 Å². The van der Waals surface area contributed by atoms with Crippen molar-refractivity contribution in [1.82, 2.24) is 15.6 Å². The van der Waals surface area contributed by atoms with Crippen LogP contribution in [-0.2, 0) is 11.3 Å². The summed E-state index contributed by atoms with van der Waals surface area (Å²) in [6.07, 6.45) is 0. The predicted octanol–water partition coefficient (Wildman–Crippen LogP) is 0.348. The number of pyridine rings is 1. The summed E-state index contributed by atoms with van der Waals surface area (Å²) in [6.45, 7) is 0.724. The molecule has 0 saturated carbocycles. The number of nitrogens with one attached hydrogen (secondary N) is 2. The van der Waals surface area contributed by atoms with Crippen molar-refractivity contribution in [3.63, 3.8) is 0 Å². The lowest BCUT2D eigenvalue weighted by Gasteiger charge is -2.05. The fraction of sp³-hybridized carbons (Fsp3) is 0.400. The molecule has 0 aromatic carbocycles. The summed E-state index contributed by atoms with van der Waals surface area (Å²) in [4.78, 5) is 15.3. The number of halogens is 1. The van der Waals surface area contributed by atoms with Gasteiger partial charge in [-0.25, -0.2) is 4.98 Å². The maximum absolute atomic E-state index is 11.1. The average molecular weight is 246 g/mol. The second-order valence-corrected chi connectivity index (χ2v) is 2.98. The van der Waals surface area contributed by atoms with E-state index in [9.17, 15) is 4.79 Å². The van der Waals surface area contributed by atoms with Crippen LogP contribution in [0.15, 0.2) is 18.2 Å². The van der Waals surface area contributed by atoms with E-state index in [1.54, 1.807) is 20.2 Å². The van der Waals surface area contributed by atoms with Crippen LogP contribution >= 0.6 is 12.4 Å². The number of nitrogens with zero attached hydrogens (tertiary/aromatic N) is 1. The van der Waals surface area contributed by atoms with Crippen molar-refractivity contribution < 1.29 is 9.53 Å². The van der Waals surface area contributed by atoms with Gasteiger partial charge in [0.2, 0.25) is 11.8 Å². The van der Waals surface area contributed by atoms with E-state index in [1.165, 1.54) is 0 Å². The lowest BCUT2D eigenvalue weighted by atomic mass is 10.3. The van der Waals surface area contributed by atoms with Gasteiger partial charge in [0.1, 0.15) is 0 Å². The van der Waals surface area contributed by atoms with E-state index in [1.807, 2.05) is 12.1 Å². The molecule has 2 N–H and O–H groups in total. The number of hydrogen-bond acceptors (Lipinski definition) is 4. The summed E-state index contributed by atoms with van der Waals surface area (Å²) < 4.78 is 4.97. The molecule has 1 aromatic heterocycles. The number of hydrogen-bond donors (Lipinski definition) is 2. The first kappa shape index (κ1) is 14.7. The number of carbonyl (C=O) groups is 1. The molecule has 1 heterocycles. The van der Waals surface area contributed by atoms with Crippen LogP contribution in [0.1, 0.15) is 5.69 Å². The zero-order valence-electron chi connectivity index (χ0n) is 9.32. The van der Waals surface area contributed by atoms with Crippen molar-refractivity contribution in [1.29, 1.82) is 0 Å². The van der Waals surface area contributed by atoms with E-state index >= 15 is 0 Å². The molecule has 1 amide bonds. The summed E-state index contributed by atoms with van der Waals surface area (Å²) in [5, 5.41) is 5.50. The molecule has 0 unspecified atom stereocenters. The van der Waals surface area contributed by atoms with Gasteiger partial charge >= 0.3 is 0 Å². The molecule has 0 spiro atoms. The van der Waals surface area contributed by atoms with E-state index in [2.05, 4.69) is 15.6 Å². The van der Waals surface area contributed by atoms with Gasteiger partial charge in [-0.1, -0.05) is 6.07 Å². The van der Waals surface area contributed by atoms with Gasteiger partial charge in [-0.15, -0.1) is 12.4 Å². The van der Waals surface area contributed by atoms with Gasteiger partial charge in [0.15, 0.2) is 0 Å². The molecule has 1 rings (SSSR count). The molecule has 0 radical (unpaired) electrons. The monoisotopic (exact) mass is 245 g/mol.